The van der Waals surface area contributed by atoms with Gasteiger partial charge >= 0.3 is 0 Å². The molecular formula is C31H34Cl3N3O4S. The number of hydrogen-bond acceptors (Lipinski definition) is 4. The zero-order valence-electron chi connectivity index (χ0n) is 23.3. The van der Waals surface area contributed by atoms with Crippen LogP contribution in [0.5, 0.6) is 0 Å². The SMILES string of the molecule is CN(CC(=O)N(Cc1c(Cl)cccc1Cl)[C@H](Cc1ccccc1)C(=O)NC1CCCCC1)S(=O)(=O)c1ccc(Cl)cc1. The van der Waals surface area contributed by atoms with Gasteiger partial charge < -0.3 is 10.2 Å². The van der Waals surface area contributed by atoms with E-state index in [-0.39, 0.29) is 29.8 Å². The zero-order chi connectivity index (χ0) is 30.3. The minimum atomic E-state index is -4.03. The quantitative estimate of drug-likeness (QED) is 0.262. The molecule has 0 aliphatic heterocycles. The predicted molar refractivity (Wildman–Crippen MR) is 167 cm³/mol. The molecule has 0 saturated heterocycles. The smallest absolute Gasteiger partial charge is 0.243 e. The lowest BCUT2D eigenvalue weighted by molar-refractivity contribution is -0.141. The number of nitrogens with zero attached hydrogens (tertiary/aromatic N) is 2. The Bertz CT molecular complexity index is 1460. The molecule has 0 aromatic heterocycles. The van der Waals surface area contributed by atoms with E-state index in [4.69, 9.17) is 34.8 Å². The average molecular weight is 651 g/mol. The monoisotopic (exact) mass is 649 g/mol. The van der Waals surface area contributed by atoms with Crippen LogP contribution in [-0.2, 0) is 32.6 Å². The molecule has 42 heavy (non-hydrogen) atoms. The van der Waals surface area contributed by atoms with E-state index in [1.54, 1.807) is 18.2 Å². The summed E-state index contributed by atoms with van der Waals surface area (Å²) < 4.78 is 27.6. The molecular weight excluding hydrogens is 617 g/mol. The van der Waals surface area contributed by atoms with Gasteiger partial charge in [0, 0.05) is 46.7 Å². The van der Waals surface area contributed by atoms with E-state index in [1.165, 1.54) is 36.2 Å². The molecule has 1 aliphatic rings. The molecule has 1 aliphatic carbocycles. The second kappa shape index (κ2) is 14.7. The molecule has 1 fully saturated rings. The van der Waals surface area contributed by atoms with Crippen molar-refractivity contribution in [2.45, 2.75) is 62.0 Å². The number of halogens is 3. The summed E-state index contributed by atoms with van der Waals surface area (Å²) in [6.07, 6.45) is 5.15. The van der Waals surface area contributed by atoms with Crippen molar-refractivity contribution in [2.75, 3.05) is 13.6 Å². The van der Waals surface area contributed by atoms with Gasteiger partial charge in [-0.1, -0.05) is 90.5 Å². The molecule has 7 nitrogen and oxygen atoms in total. The molecule has 2 amide bonds. The number of hydrogen-bond donors (Lipinski definition) is 1. The maximum Gasteiger partial charge on any atom is 0.243 e. The van der Waals surface area contributed by atoms with E-state index in [0.29, 0.717) is 20.6 Å². The molecule has 3 aromatic carbocycles. The fourth-order valence-electron chi connectivity index (χ4n) is 5.10. The normalized spacial score (nSPS) is 14.9. The largest absolute Gasteiger partial charge is 0.352 e. The lowest BCUT2D eigenvalue weighted by atomic mass is 9.94. The van der Waals surface area contributed by atoms with E-state index in [2.05, 4.69) is 5.32 Å². The van der Waals surface area contributed by atoms with Gasteiger partial charge in [-0.25, -0.2) is 8.42 Å². The number of carbonyl (C=O) groups excluding carboxylic acids is 2. The Morgan fingerprint density at radius 2 is 1.50 bits per heavy atom. The minimum Gasteiger partial charge on any atom is -0.352 e. The first kappa shape index (κ1) is 32.3. The van der Waals surface area contributed by atoms with E-state index in [9.17, 15) is 18.0 Å². The van der Waals surface area contributed by atoms with Crippen LogP contribution >= 0.6 is 34.8 Å². The molecule has 0 heterocycles. The predicted octanol–water partition coefficient (Wildman–Crippen LogP) is 6.36. The van der Waals surface area contributed by atoms with Gasteiger partial charge in [-0.05, 0) is 54.8 Å². The summed E-state index contributed by atoms with van der Waals surface area (Å²) in [5.41, 5.74) is 1.33. The van der Waals surface area contributed by atoms with E-state index in [0.717, 1.165) is 42.0 Å². The summed E-state index contributed by atoms with van der Waals surface area (Å²) in [4.78, 5) is 29.4. The van der Waals surface area contributed by atoms with Crippen LogP contribution in [0.1, 0.15) is 43.2 Å². The number of rotatable bonds is 11. The Labute approximate surface area is 262 Å². The topological polar surface area (TPSA) is 86.8 Å². The number of benzene rings is 3. The first-order chi connectivity index (χ1) is 20.1. The summed E-state index contributed by atoms with van der Waals surface area (Å²) in [6, 6.07) is 19.2. The second-order valence-corrected chi connectivity index (χ2v) is 13.8. The van der Waals surface area contributed by atoms with Crippen LogP contribution in [0.3, 0.4) is 0 Å². The number of likely N-dealkylation sites (N-methyl/N-ethyl adjacent to an activating group) is 1. The van der Waals surface area contributed by atoms with Gasteiger partial charge in [-0.3, -0.25) is 9.59 Å². The van der Waals surface area contributed by atoms with Gasteiger partial charge in [0.25, 0.3) is 0 Å². The molecule has 224 valence electrons. The molecule has 0 unspecified atom stereocenters. The van der Waals surface area contributed by atoms with Crippen LogP contribution in [0.15, 0.2) is 77.7 Å². The van der Waals surface area contributed by atoms with Crippen molar-refractivity contribution in [3.8, 4) is 0 Å². The maximum absolute atomic E-state index is 14.1. The van der Waals surface area contributed by atoms with Gasteiger partial charge in [-0.15, -0.1) is 0 Å². The van der Waals surface area contributed by atoms with Gasteiger partial charge in [0.1, 0.15) is 6.04 Å². The van der Waals surface area contributed by atoms with Crippen LogP contribution in [0.25, 0.3) is 0 Å². The van der Waals surface area contributed by atoms with Crippen LogP contribution in [0, 0.1) is 0 Å². The Hall–Kier alpha value is -2.62. The van der Waals surface area contributed by atoms with E-state index in [1.807, 2.05) is 30.3 Å². The Morgan fingerprint density at radius 3 is 2.12 bits per heavy atom. The van der Waals surface area contributed by atoms with Crippen LogP contribution in [0.4, 0.5) is 0 Å². The molecule has 11 heteroatoms. The van der Waals surface area contributed by atoms with Crippen molar-refractivity contribution in [3.05, 3.63) is 99.0 Å². The Balaban J connectivity index is 1.69. The number of amides is 2. The van der Waals surface area contributed by atoms with Crippen molar-refractivity contribution in [1.82, 2.24) is 14.5 Å². The Morgan fingerprint density at radius 1 is 0.881 bits per heavy atom. The summed E-state index contributed by atoms with van der Waals surface area (Å²) in [5, 5.41) is 4.24. The first-order valence-corrected chi connectivity index (χ1v) is 16.4. The molecule has 0 radical (unpaired) electrons. The van der Waals surface area contributed by atoms with Crippen LogP contribution in [-0.4, -0.2) is 55.1 Å². The molecule has 4 rings (SSSR count). The summed E-state index contributed by atoms with van der Waals surface area (Å²) in [7, 11) is -2.70. The fraction of sp³-hybridized carbons (Fsp3) is 0.355. The zero-order valence-corrected chi connectivity index (χ0v) is 26.4. The lowest BCUT2D eigenvalue weighted by Gasteiger charge is -2.34. The highest BCUT2D eigenvalue weighted by Crippen LogP contribution is 2.28. The molecule has 1 saturated carbocycles. The maximum atomic E-state index is 14.1. The van der Waals surface area contributed by atoms with Crippen molar-refractivity contribution >= 4 is 56.6 Å². The molecule has 0 spiro atoms. The van der Waals surface area contributed by atoms with E-state index < -0.39 is 28.5 Å². The standard InChI is InChI=1S/C31H34Cl3N3O4S/c1-36(42(40,41)25-17-15-23(32)16-18-25)21-30(38)37(20-26-27(33)13-8-14-28(26)34)29(19-22-9-4-2-5-10-22)31(39)35-24-11-6-3-7-12-24/h2,4-5,8-10,13-18,24,29H,3,6-7,11-12,19-21H2,1H3,(H,35,39)/t29-/m1/s1. The van der Waals surface area contributed by atoms with Gasteiger partial charge in [0.15, 0.2) is 0 Å². The van der Waals surface area contributed by atoms with Gasteiger partial charge in [0.2, 0.25) is 21.8 Å². The summed E-state index contributed by atoms with van der Waals surface area (Å²) >= 11 is 19.0. The summed E-state index contributed by atoms with van der Waals surface area (Å²) in [6.45, 7) is -0.587. The van der Waals surface area contributed by atoms with Crippen LogP contribution in [0.2, 0.25) is 15.1 Å². The highest BCUT2D eigenvalue weighted by Gasteiger charge is 2.34. The van der Waals surface area contributed by atoms with Crippen LogP contribution < -0.4 is 5.32 Å². The molecule has 1 N–H and O–H groups in total. The highest BCUT2D eigenvalue weighted by atomic mass is 35.5. The lowest BCUT2D eigenvalue weighted by Crippen LogP contribution is -2.54. The van der Waals surface area contributed by atoms with Gasteiger partial charge in [-0.2, -0.15) is 4.31 Å². The third kappa shape index (κ3) is 8.26. The summed E-state index contributed by atoms with van der Waals surface area (Å²) in [5.74, 6) is -0.865. The first-order valence-electron chi connectivity index (χ1n) is 13.8. The van der Waals surface area contributed by atoms with Crippen molar-refractivity contribution in [2.24, 2.45) is 0 Å². The number of carbonyl (C=O) groups is 2. The highest BCUT2D eigenvalue weighted by molar-refractivity contribution is 7.89. The minimum absolute atomic E-state index is 0.00113. The molecule has 0 bridgehead atoms. The third-order valence-electron chi connectivity index (χ3n) is 7.49. The van der Waals surface area contributed by atoms with Crippen molar-refractivity contribution in [1.29, 1.82) is 0 Å². The number of nitrogens with one attached hydrogen (secondary N) is 1. The fourth-order valence-corrected chi connectivity index (χ4v) is 6.87. The molecule has 3 aromatic rings. The Kier molecular flexibility index (Phi) is 11.3. The number of sulfonamides is 1. The van der Waals surface area contributed by atoms with E-state index >= 15 is 0 Å². The average Bonchev–Trinajstić information content (AvgIpc) is 2.97. The van der Waals surface area contributed by atoms with Crippen molar-refractivity contribution < 1.29 is 18.0 Å². The molecule has 1 atom stereocenters. The second-order valence-electron chi connectivity index (χ2n) is 10.5. The van der Waals surface area contributed by atoms with Gasteiger partial charge in [0.05, 0.1) is 11.4 Å². The van der Waals surface area contributed by atoms with Crippen molar-refractivity contribution in [3.63, 3.8) is 0 Å². The third-order valence-corrected chi connectivity index (χ3v) is 10.3.